The molecule has 4 heteroatoms. The standard InChI is InChI=1S/C14H25NO3/c1-11(2)10-15(3)12(16)9-14(13(17)18)7-5-4-6-8-14/h11H,4-10H2,1-3H3,(H,17,18). The molecule has 0 aromatic carbocycles. The van der Waals surface area contributed by atoms with E-state index in [0.717, 1.165) is 19.3 Å². The number of hydrogen-bond donors (Lipinski definition) is 1. The number of carboxylic acid groups (broad SMARTS) is 1. The van der Waals surface area contributed by atoms with Gasteiger partial charge in [-0.3, -0.25) is 9.59 Å². The number of rotatable bonds is 5. The molecule has 1 rings (SSSR count). The van der Waals surface area contributed by atoms with Gasteiger partial charge in [0.15, 0.2) is 0 Å². The molecule has 0 unspecified atom stereocenters. The third-order valence-corrected chi connectivity index (χ3v) is 3.82. The van der Waals surface area contributed by atoms with Gasteiger partial charge in [0.25, 0.3) is 0 Å². The number of hydrogen-bond acceptors (Lipinski definition) is 2. The first-order valence-corrected chi connectivity index (χ1v) is 6.85. The molecule has 0 spiro atoms. The highest BCUT2D eigenvalue weighted by atomic mass is 16.4. The van der Waals surface area contributed by atoms with Crippen molar-refractivity contribution in [2.75, 3.05) is 13.6 Å². The zero-order valence-corrected chi connectivity index (χ0v) is 11.7. The average Bonchev–Trinajstić information content (AvgIpc) is 2.29. The minimum atomic E-state index is -0.805. The van der Waals surface area contributed by atoms with E-state index < -0.39 is 11.4 Å². The molecule has 1 fully saturated rings. The molecule has 0 aromatic rings. The first-order chi connectivity index (χ1) is 8.37. The van der Waals surface area contributed by atoms with E-state index in [1.165, 1.54) is 0 Å². The van der Waals surface area contributed by atoms with Gasteiger partial charge in [0.05, 0.1) is 5.41 Å². The summed E-state index contributed by atoms with van der Waals surface area (Å²) in [7, 11) is 1.76. The van der Waals surface area contributed by atoms with Crippen LogP contribution in [0, 0.1) is 11.3 Å². The topological polar surface area (TPSA) is 57.6 Å². The SMILES string of the molecule is CC(C)CN(C)C(=O)CC1(C(=O)O)CCCCC1. The van der Waals surface area contributed by atoms with Crippen molar-refractivity contribution >= 4 is 11.9 Å². The summed E-state index contributed by atoms with van der Waals surface area (Å²) in [6.45, 7) is 4.79. The van der Waals surface area contributed by atoms with Crippen molar-refractivity contribution in [1.29, 1.82) is 0 Å². The lowest BCUT2D eigenvalue weighted by atomic mass is 9.71. The van der Waals surface area contributed by atoms with Crippen LogP contribution in [0.25, 0.3) is 0 Å². The quantitative estimate of drug-likeness (QED) is 0.821. The summed E-state index contributed by atoms with van der Waals surface area (Å²) in [6, 6.07) is 0. The lowest BCUT2D eigenvalue weighted by Crippen LogP contribution is -2.40. The Hall–Kier alpha value is -1.06. The van der Waals surface area contributed by atoms with Gasteiger partial charge in [0.2, 0.25) is 5.91 Å². The second kappa shape index (κ2) is 6.21. The molecule has 0 saturated heterocycles. The van der Waals surface area contributed by atoms with Gasteiger partial charge >= 0.3 is 5.97 Å². The number of carbonyl (C=O) groups is 2. The second-order valence-electron chi connectivity index (χ2n) is 5.99. The van der Waals surface area contributed by atoms with Gasteiger partial charge < -0.3 is 10.0 Å². The van der Waals surface area contributed by atoms with Crippen molar-refractivity contribution in [3.63, 3.8) is 0 Å². The monoisotopic (exact) mass is 255 g/mol. The van der Waals surface area contributed by atoms with Gasteiger partial charge in [-0.15, -0.1) is 0 Å². The first kappa shape index (κ1) is 15.0. The van der Waals surface area contributed by atoms with E-state index in [1.54, 1.807) is 11.9 Å². The van der Waals surface area contributed by atoms with E-state index in [-0.39, 0.29) is 12.3 Å². The van der Waals surface area contributed by atoms with Crippen LogP contribution < -0.4 is 0 Å². The van der Waals surface area contributed by atoms with Crippen LogP contribution >= 0.6 is 0 Å². The van der Waals surface area contributed by atoms with E-state index in [0.29, 0.717) is 25.3 Å². The highest BCUT2D eigenvalue weighted by molar-refractivity contribution is 5.85. The minimum absolute atomic E-state index is 0.0343. The Balaban J connectivity index is 2.66. The number of amides is 1. The van der Waals surface area contributed by atoms with Gasteiger partial charge in [0, 0.05) is 20.0 Å². The van der Waals surface area contributed by atoms with Crippen LogP contribution in [0.15, 0.2) is 0 Å². The van der Waals surface area contributed by atoms with Gasteiger partial charge in [-0.05, 0) is 18.8 Å². The molecule has 0 heterocycles. The third kappa shape index (κ3) is 3.72. The fourth-order valence-electron chi connectivity index (χ4n) is 2.77. The van der Waals surface area contributed by atoms with E-state index in [9.17, 15) is 14.7 Å². The molecule has 1 amide bonds. The summed E-state index contributed by atoms with van der Waals surface area (Å²) in [4.78, 5) is 25.3. The Morgan fingerprint density at radius 1 is 1.22 bits per heavy atom. The molecule has 1 N–H and O–H groups in total. The van der Waals surface area contributed by atoms with Crippen LogP contribution in [-0.4, -0.2) is 35.5 Å². The molecule has 104 valence electrons. The summed E-state index contributed by atoms with van der Waals surface area (Å²) < 4.78 is 0. The Morgan fingerprint density at radius 2 is 1.78 bits per heavy atom. The fraction of sp³-hybridized carbons (Fsp3) is 0.857. The van der Waals surface area contributed by atoms with E-state index in [2.05, 4.69) is 13.8 Å². The van der Waals surface area contributed by atoms with Gasteiger partial charge in [-0.25, -0.2) is 0 Å². The lowest BCUT2D eigenvalue weighted by molar-refractivity contribution is -0.155. The van der Waals surface area contributed by atoms with Gasteiger partial charge in [-0.1, -0.05) is 33.1 Å². The maximum Gasteiger partial charge on any atom is 0.310 e. The van der Waals surface area contributed by atoms with Gasteiger partial charge in [0.1, 0.15) is 0 Å². The maximum absolute atomic E-state index is 12.1. The van der Waals surface area contributed by atoms with E-state index in [4.69, 9.17) is 0 Å². The van der Waals surface area contributed by atoms with E-state index >= 15 is 0 Å². The molecule has 4 nitrogen and oxygen atoms in total. The highest BCUT2D eigenvalue weighted by Crippen LogP contribution is 2.40. The summed E-state index contributed by atoms with van der Waals surface area (Å²) >= 11 is 0. The number of nitrogens with zero attached hydrogens (tertiary/aromatic N) is 1. The first-order valence-electron chi connectivity index (χ1n) is 6.85. The molecule has 1 saturated carbocycles. The summed E-state index contributed by atoms with van der Waals surface area (Å²) in [5, 5.41) is 9.43. The molecule has 0 atom stereocenters. The number of carboxylic acids is 1. The largest absolute Gasteiger partial charge is 0.481 e. The third-order valence-electron chi connectivity index (χ3n) is 3.82. The minimum Gasteiger partial charge on any atom is -0.481 e. The summed E-state index contributed by atoms with van der Waals surface area (Å²) in [5.74, 6) is -0.424. The fourth-order valence-corrected chi connectivity index (χ4v) is 2.77. The average molecular weight is 255 g/mol. The Bertz CT molecular complexity index is 306. The zero-order chi connectivity index (χ0) is 13.8. The molecule has 0 aliphatic heterocycles. The van der Waals surface area contributed by atoms with Crippen LogP contribution in [0.5, 0.6) is 0 Å². The summed E-state index contributed by atoms with van der Waals surface area (Å²) in [6.07, 6.45) is 4.38. The normalized spacial score (nSPS) is 18.7. The Kier molecular flexibility index (Phi) is 5.17. The molecule has 0 bridgehead atoms. The second-order valence-corrected chi connectivity index (χ2v) is 5.99. The summed E-state index contributed by atoms with van der Waals surface area (Å²) in [5.41, 5.74) is -0.805. The molecule has 1 aliphatic carbocycles. The molecule has 0 aromatic heterocycles. The van der Waals surface area contributed by atoms with Crippen molar-refractivity contribution in [3.8, 4) is 0 Å². The van der Waals surface area contributed by atoms with Crippen LogP contribution in [-0.2, 0) is 9.59 Å². The smallest absolute Gasteiger partial charge is 0.310 e. The number of aliphatic carboxylic acids is 1. The van der Waals surface area contributed by atoms with Gasteiger partial charge in [-0.2, -0.15) is 0 Å². The highest BCUT2D eigenvalue weighted by Gasteiger charge is 2.41. The van der Waals surface area contributed by atoms with Crippen LogP contribution in [0.3, 0.4) is 0 Å². The molecule has 18 heavy (non-hydrogen) atoms. The zero-order valence-electron chi connectivity index (χ0n) is 11.7. The lowest BCUT2D eigenvalue weighted by Gasteiger charge is -2.34. The van der Waals surface area contributed by atoms with Crippen LogP contribution in [0.4, 0.5) is 0 Å². The maximum atomic E-state index is 12.1. The molecule has 0 radical (unpaired) electrons. The predicted molar refractivity (Wildman–Crippen MR) is 70.2 cm³/mol. The molecule has 1 aliphatic rings. The predicted octanol–water partition coefficient (Wildman–Crippen LogP) is 2.53. The molecular weight excluding hydrogens is 230 g/mol. The van der Waals surface area contributed by atoms with Crippen molar-refractivity contribution in [3.05, 3.63) is 0 Å². The molecular formula is C14H25NO3. The van der Waals surface area contributed by atoms with Crippen molar-refractivity contribution in [1.82, 2.24) is 4.90 Å². The van der Waals surface area contributed by atoms with Crippen LogP contribution in [0.2, 0.25) is 0 Å². The Labute approximate surface area is 109 Å². The van der Waals surface area contributed by atoms with Crippen LogP contribution in [0.1, 0.15) is 52.4 Å². The Morgan fingerprint density at radius 3 is 2.22 bits per heavy atom. The number of carbonyl (C=O) groups excluding carboxylic acids is 1. The van der Waals surface area contributed by atoms with Crippen molar-refractivity contribution in [2.24, 2.45) is 11.3 Å². The van der Waals surface area contributed by atoms with Crippen molar-refractivity contribution in [2.45, 2.75) is 52.4 Å². The van der Waals surface area contributed by atoms with Crippen molar-refractivity contribution < 1.29 is 14.7 Å². The van der Waals surface area contributed by atoms with E-state index in [1.807, 2.05) is 0 Å².